The van der Waals surface area contributed by atoms with Gasteiger partial charge in [-0.2, -0.15) is 0 Å². The smallest absolute Gasteiger partial charge is 0.315 e. The zero-order valence-corrected chi connectivity index (χ0v) is 17.4. The molecule has 1 fully saturated rings. The summed E-state index contributed by atoms with van der Waals surface area (Å²) in [6.45, 7) is 0. The molecule has 31 heavy (non-hydrogen) atoms. The molecule has 4 rings (SSSR count). The van der Waals surface area contributed by atoms with Crippen LogP contribution in [0.2, 0.25) is 0 Å². The van der Waals surface area contributed by atoms with Gasteiger partial charge >= 0.3 is 6.03 Å². The Kier molecular flexibility index (Phi) is 6.36. The van der Waals surface area contributed by atoms with Crippen molar-refractivity contribution in [2.75, 3.05) is 7.11 Å². The summed E-state index contributed by atoms with van der Waals surface area (Å²) in [6.07, 6.45) is 2.76. The fraction of sp³-hybridized carbons (Fsp3) is 0.391. The van der Waals surface area contributed by atoms with Crippen molar-refractivity contribution in [3.05, 3.63) is 59.7 Å². The number of nitrogens with one attached hydrogen (secondary N) is 3. The fourth-order valence-electron chi connectivity index (χ4n) is 4.00. The summed E-state index contributed by atoms with van der Waals surface area (Å²) < 4.78 is 19.7. The number of imidazole rings is 1. The van der Waals surface area contributed by atoms with Crippen molar-refractivity contribution < 1.29 is 19.0 Å². The van der Waals surface area contributed by atoms with Gasteiger partial charge in [0.2, 0.25) is 0 Å². The number of hydrogen-bond acceptors (Lipinski definition) is 4. The van der Waals surface area contributed by atoms with E-state index in [1.165, 1.54) is 13.2 Å². The van der Waals surface area contributed by atoms with Crippen molar-refractivity contribution in [2.24, 2.45) is 0 Å². The second kappa shape index (κ2) is 9.34. The number of aromatic amines is 1. The van der Waals surface area contributed by atoms with E-state index in [9.17, 15) is 14.3 Å². The van der Waals surface area contributed by atoms with E-state index in [0.29, 0.717) is 30.0 Å². The Labute approximate surface area is 180 Å². The first-order valence-corrected chi connectivity index (χ1v) is 10.5. The molecule has 1 aliphatic carbocycles. The SMILES string of the molecule is COc1ccc(CC(NC(=O)N[C@H]2CC[C@H](O)CC2)c2nc3ccccc3[nH]2)c(F)c1. The number of rotatable bonds is 6. The maximum absolute atomic E-state index is 14.6. The topological polar surface area (TPSA) is 99.3 Å². The van der Waals surface area contributed by atoms with E-state index >= 15 is 0 Å². The van der Waals surface area contributed by atoms with Gasteiger partial charge in [-0.3, -0.25) is 0 Å². The number of carbonyl (C=O) groups excluding carboxylic acids is 1. The second-order valence-electron chi connectivity index (χ2n) is 7.98. The predicted molar refractivity (Wildman–Crippen MR) is 115 cm³/mol. The molecule has 7 nitrogen and oxygen atoms in total. The third kappa shape index (κ3) is 5.14. The molecular formula is C23H27FN4O3. The molecule has 3 aromatic rings. The van der Waals surface area contributed by atoms with E-state index in [0.717, 1.165) is 23.9 Å². The minimum Gasteiger partial charge on any atom is -0.497 e. The number of aliphatic hydroxyl groups is 1. The fourth-order valence-corrected chi connectivity index (χ4v) is 4.00. The summed E-state index contributed by atoms with van der Waals surface area (Å²) in [5.74, 6) is 0.598. The van der Waals surface area contributed by atoms with Gasteiger partial charge < -0.3 is 25.5 Å². The van der Waals surface area contributed by atoms with Gasteiger partial charge in [-0.05, 0) is 49.4 Å². The van der Waals surface area contributed by atoms with Crippen LogP contribution in [-0.4, -0.2) is 40.4 Å². The molecule has 1 heterocycles. The van der Waals surface area contributed by atoms with E-state index in [4.69, 9.17) is 4.74 Å². The van der Waals surface area contributed by atoms with Gasteiger partial charge in [-0.15, -0.1) is 0 Å². The number of benzene rings is 2. The average molecular weight is 426 g/mol. The molecule has 0 radical (unpaired) electrons. The van der Waals surface area contributed by atoms with Crippen LogP contribution in [-0.2, 0) is 6.42 Å². The first-order valence-electron chi connectivity index (χ1n) is 10.5. The second-order valence-corrected chi connectivity index (χ2v) is 7.98. The van der Waals surface area contributed by atoms with Gasteiger partial charge in [-0.25, -0.2) is 14.2 Å². The quantitative estimate of drug-likeness (QED) is 0.484. The number of halogens is 1. The molecule has 1 saturated carbocycles. The Balaban J connectivity index is 1.54. The number of urea groups is 1. The lowest BCUT2D eigenvalue weighted by Crippen LogP contribution is -2.45. The first kappa shape index (κ1) is 21.1. The molecule has 1 unspecified atom stereocenters. The maximum Gasteiger partial charge on any atom is 0.315 e. The Morgan fingerprint density at radius 2 is 2.03 bits per heavy atom. The number of H-pyrrole nitrogens is 1. The Hall–Kier alpha value is -3.13. The normalized spacial score (nSPS) is 19.7. The van der Waals surface area contributed by atoms with Crippen LogP contribution in [0, 0.1) is 5.82 Å². The first-order chi connectivity index (χ1) is 15.0. The Morgan fingerprint density at radius 3 is 2.74 bits per heavy atom. The lowest BCUT2D eigenvalue weighted by Gasteiger charge is -2.27. The highest BCUT2D eigenvalue weighted by Crippen LogP contribution is 2.24. The van der Waals surface area contributed by atoms with Crippen LogP contribution in [0.1, 0.15) is 43.1 Å². The van der Waals surface area contributed by atoms with Gasteiger partial charge in [0.15, 0.2) is 0 Å². The number of fused-ring (bicyclic) bond motifs is 1. The Bertz CT molecular complexity index is 1010. The van der Waals surface area contributed by atoms with E-state index < -0.39 is 11.9 Å². The number of para-hydroxylation sites is 2. The molecule has 2 aromatic carbocycles. The van der Waals surface area contributed by atoms with Crippen LogP contribution in [0.3, 0.4) is 0 Å². The highest BCUT2D eigenvalue weighted by Gasteiger charge is 2.24. The van der Waals surface area contributed by atoms with Crippen molar-refractivity contribution >= 4 is 17.1 Å². The summed E-state index contributed by atoms with van der Waals surface area (Å²) in [4.78, 5) is 20.6. The number of aromatic nitrogens is 2. The summed E-state index contributed by atoms with van der Waals surface area (Å²) >= 11 is 0. The summed E-state index contributed by atoms with van der Waals surface area (Å²) in [5, 5.41) is 15.6. The molecule has 0 aliphatic heterocycles. The monoisotopic (exact) mass is 426 g/mol. The predicted octanol–water partition coefficient (Wildman–Crippen LogP) is 3.60. The minimum atomic E-state index is -0.551. The molecule has 2 amide bonds. The maximum atomic E-state index is 14.6. The highest BCUT2D eigenvalue weighted by molar-refractivity contribution is 5.76. The lowest BCUT2D eigenvalue weighted by molar-refractivity contribution is 0.117. The van der Waals surface area contributed by atoms with Crippen molar-refractivity contribution in [1.29, 1.82) is 0 Å². The molecule has 8 heteroatoms. The van der Waals surface area contributed by atoms with E-state index in [-0.39, 0.29) is 24.6 Å². The molecule has 1 aliphatic rings. The number of amides is 2. The summed E-state index contributed by atoms with van der Waals surface area (Å²) in [5.41, 5.74) is 2.08. The molecular weight excluding hydrogens is 399 g/mol. The van der Waals surface area contributed by atoms with E-state index in [1.807, 2.05) is 24.3 Å². The number of methoxy groups -OCH3 is 1. The zero-order chi connectivity index (χ0) is 21.8. The highest BCUT2D eigenvalue weighted by atomic mass is 19.1. The molecule has 0 saturated heterocycles. The van der Waals surface area contributed by atoms with Gasteiger partial charge in [0.1, 0.15) is 17.4 Å². The van der Waals surface area contributed by atoms with E-state index in [2.05, 4.69) is 20.6 Å². The minimum absolute atomic E-state index is 0.0115. The third-order valence-electron chi connectivity index (χ3n) is 5.76. The molecule has 1 aromatic heterocycles. The molecule has 164 valence electrons. The van der Waals surface area contributed by atoms with Gasteiger partial charge in [-0.1, -0.05) is 18.2 Å². The number of nitrogens with zero attached hydrogens (tertiary/aromatic N) is 1. The number of hydrogen-bond donors (Lipinski definition) is 4. The number of carbonyl (C=O) groups is 1. The van der Waals surface area contributed by atoms with Gasteiger partial charge in [0, 0.05) is 18.5 Å². The van der Waals surface area contributed by atoms with E-state index in [1.54, 1.807) is 12.1 Å². The molecule has 0 bridgehead atoms. The molecule has 4 N–H and O–H groups in total. The standard InChI is InChI=1S/C23H27FN4O3/c1-31-17-11-6-14(18(24)13-17)12-21(22-26-19-4-2-3-5-20(19)27-22)28-23(30)25-15-7-9-16(29)10-8-15/h2-6,11,13,15-16,21,29H,7-10,12H2,1H3,(H,26,27)(H2,25,28,30)/t15-,16-,21?. The van der Waals surface area contributed by atoms with Crippen LogP contribution < -0.4 is 15.4 Å². The van der Waals surface area contributed by atoms with Crippen molar-refractivity contribution in [3.63, 3.8) is 0 Å². The van der Waals surface area contributed by atoms with Crippen LogP contribution in [0.15, 0.2) is 42.5 Å². The molecule has 0 spiro atoms. The van der Waals surface area contributed by atoms with Gasteiger partial charge in [0.05, 0.1) is 30.3 Å². The average Bonchev–Trinajstić information content (AvgIpc) is 3.20. The third-order valence-corrected chi connectivity index (χ3v) is 5.76. The van der Waals surface area contributed by atoms with Crippen LogP contribution >= 0.6 is 0 Å². The zero-order valence-electron chi connectivity index (χ0n) is 17.4. The van der Waals surface area contributed by atoms with Crippen LogP contribution in [0.4, 0.5) is 9.18 Å². The number of aliphatic hydroxyl groups excluding tert-OH is 1. The van der Waals surface area contributed by atoms with Crippen molar-refractivity contribution in [2.45, 2.75) is 50.3 Å². The largest absolute Gasteiger partial charge is 0.497 e. The lowest BCUT2D eigenvalue weighted by atomic mass is 9.93. The summed E-state index contributed by atoms with van der Waals surface area (Å²) in [6, 6.07) is 11.4. The van der Waals surface area contributed by atoms with Crippen molar-refractivity contribution in [1.82, 2.24) is 20.6 Å². The number of ether oxygens (including phenoxy) is 1. The summed E-state index contributed by atoms with van der Waals surface area (Å²) in [7, 11) is 1.49. The van der Waals surface area contributed by atoms with Crippen LogP contribution in [0.25, 0.3) is 11.0 Å². The van der Waals surface area contributed by atoms with Crippen molar-refractivity contribution in [3.8, 4) is 5.75 Å². The van der Waals surface area contributed by atoms with Crippen LogP contribution in [0.5, 0.6) is 5.75 Å². The molecule has 1 atom stereocenters. The Morgan fingerprint density at radius 1 is 1.26 bits per heavy atom. The van der Waals surface area contributed by atoms with Gasteiger partial charge in [0.25, 0.3) is 0 Å².